The Morgan fingerprint density at radius 2 is 0.892 bits per heavy atom. The molecule has 0 heterocycles. The highest BCUT2D eigenvalue weighted by Gasteiger charge is 2.13. The van der Waals surface area contributed by atoms with Gasteiger partial charge in [-0.15, -0.1) is 0 Å². The lowest BCUT2D eigenvalue weighted by Crippen LogP contribution is -2.12. The number of rotatable bonds is 29. The first-order valence-corrected chi connectivity index (χ1v) is 16.4. The molecule has 220 valence electrons. The topological polar surface area (TPSA) is 52.6 Å². The molecule has 0 aromatic carbocycles. The highest BCUT2D eigenvalue weighted by Crippen LogP contribution is 2.19. The van der Waals surface area contributed by atoms with Crippen LogP contribution in [-0.4, -0.2) is 25.2 Å². The van der Waals surface area contributed by atoms with Crippen molar-refractivity contribution in [2.45, 2.75) is 181 Å². The number of hydrogen-bond acceptors (Lipinski definition) is 4. The normalized spacial score (nSPS) is 12.0. The van der Waals surface area contributed by atoms with Gasteiger partial charge in [-0.25, -0.2) is 0 Å². The standard InChI is InChI=1S/C33H64O4/c1-4-7-9-20-24-28-36-32(34)27-23-19-17-15-13-11-12-14-16-18-22-26-31(6-3)30-33(35)37-29-25-21-10-8-5-2/h31H,4-30H2,1-3H3. The minimum atomic E-state index is -0.00570. The Balaban J connectivity index is 3.40. The zero-order chi connectivity index (χ0) is 27.2. The Morgan fingerprint density at radius 1 is 0.486 bits per heavy atom. The molecule has 4 nitrogen and oxygen atoms in total. The van der Waals surface area contributed by atoms with E-state index in [0.717, 1.165) is 38.5 Å². The van der Waals surface area contributed by atoms with Crippen molar-refractivity contribution in [2.24, 2.45) is 5.92 Å². The molecule has 0 amide bonds. The molecule has 37 heavy (non-hydrogen) atoms. The van der Waals surface area contributed by atoms with Crippen molar-refractivity contribution >= 4 is 11.9 Å². The maximum absolute atomic E-state index is 12.1. The maximum Gasteiger partial charge on any atom is 0.306 e. The van der Waals surface area contributed by atoms with Crippen LogP contribution in [0.4, 0.5) is 0 Å². The summed E-state index contributed by atoms with van der Waals surface area (Å²) in [5.74, 6) is 0.495. The van der Waals surface area contributed by atoms with E-state index in [-0.39, 0.29) is 11.9 Å². The molecule has 0 bridgehead atoms. The number of carbonyl (C=O) groups is 2. The maximum atomic E-state index is 12.1. The number of hydrogen-bond donors (Lipinski definition) is 0. The van der Waals surface area contributed by atoms with Crippen LogP contribution in [0.5, 0.6) is 0 Å². The van der Waals surface area contributed by atoms with Crippen LogP contribution in [0, 0.1) is 5.92 Å². The third-order valence-electron chi connectivity index (χ3n) is 7.55. The van der Waals surface area contributed by atoms with Crippen molar-refractivity contribution in [1.29, 1.82) is 0 Å². The third kappa shape index (κ3) is 27.8. The number of ether oxygens (including phenoxy) is 2. The van der Waals surface area contributed by atoms with Gasteiger partial charge in [-0.1, -0.05) is 143 Å². The Labute approximate surface area is 231 Å². The Hall–Kier alpha value is -1.06. The van der Waals surface area contributed by atoms with Gasteiger partial charge in [0.25, 0.3) is 0 Å². The van der Waals surface area contributed by atoms with Crippen LogP contribution in [0.3, 0.4) is 0 Å². The molecule has 0 spiro atoms. The molecule has 0 aromatic rings. The fraction of sp³-hybridized carbons (Fsp3) is 0.939. The molecule has 0 saturated carbocycles. The SMILES string of the molecule is CCCCCCCOC(=O)CCCCCCCCCCCCCC(CC)CC(=O)OCCCCCCC. The second kappa shape index (κ2) is 29.5. The largest absolute Gasteiger partial charge is 0.466 e. The molecule has 4 heteroatoms. The average molecular weight is 525 g/mol. The van der Waals surface area contributed by atoms with Crippen molar-refractivity contribution in [3.8, 4) is 0 Å². The summed E-state index contributed by atoms with van der Waals surface area (Å²) in [7, 11) is 0. The van der Waals surface area contributed by atoms with E-state index in [2.05, 4.69) is 20.8 Å². The molecule has 0 aliphatic rings. The van der Waals surface area contributed by atoms with Gasteiger partial charge in [0.05, 0.1) is 13.2 Å². The van der Waals surface area contributed by atoms with Gasteiger partial charge in [0.2, 0.25) is 0 Å². The lowest BCUT2D eigenvalue weighted by Gasteiger charge is -2.14. The van der Waals surface area contributed by atoms with Crippen LogP contribution in [-0.2, 0) is 19.1 Å². The number of esters is 2. The molecule has 0 radical (unpaired) electrons. The van der Waals surface area contributed by atoms with Crippen LogP contribution in [0.1, 0.15) is 181 Å². The molecule has 0 N–H and O–H groups in total. The van der Waals surface area contributed by atoms with Gasteiger partial charge in [-0.3, -0.25) is 9.59 Å². The number of carbonyl (C=O) groups excluding carboxylic acids is 2. The van der Waals surface area contributed by atoms with Crippen molar-refractivity contribution < 1.29 is 19.1 Å². The van der Waals surface area contributed by atoms with Crippen LogP contribution in [0.2, 0.25) is 0 Å². The van der Waals surface area contributed by atoms with Gasteiger partial charge in [0, 0.05) is 12.8 Å². The summed E-state index contributed by atoms with van der Waals surface area (Å²) in [5, 5.41) is 0. The predicted octanol–water partition coefficient (Wildman–Crippen LogP) is 10.5. The summed E-state index contributed by atoms with van der Waals surface area (Å²) in [6.07, 6.45) is 29.2. The Bertz CT molecular complexity index is 491. The Kier molecular flexibility index (Phi) is 28.7. The smallest absolute Gasteiger partial charge is 0.306 e. The van der Waals surface area contributed by atoms with Crippen molar-refractivity contribution in [1.82, 2.24) is 0 Å². The fourth-order valence-electron chi connectivity index (χ4n) is 4.89. The molecular formula is C33H64O4. The van der Waals surface area contributed by atoms with Gasteiger partial charge in [0.1, 0.15) is 0 Å². The number of unbranched alkanes of at least 4 members (excludes halogenated alkanes) is 18. The second-order valence-electron chi connectivity index (χ2n) is 11.2. The average Bonchev–Trinajstić information content (AvgIpc) is 2.90. The molecule has 1 unspecified atom stereocenters. The lowest BCUT2D eigenvalue weighted by molar-refractivity contribution is -0.145. The molecule has 0 saturated heterocycles. The zero-order valence-corrected chi connectivity index (χ0v) is 25.3. The molecule has 1 atom stereocenters. The van der Waals surface area contributed by atoms with E-state index in [1.807, 2.05) is 0 Å². The van der Waals surface area contributed by atoms with Crippen LogP contribution < -0.4 is 0 Å². The molecule has 0 rings (SSSR count). The van der Waals surface area contributed by atoms with E-state index < -0.39 is 0 Å². The molecular weight excluding hydrogens is 460 g/mol. The summed E-state index contributed by atoms with van der Waals surface area (Å²) in [5.41, 5.74) is 0. The Morgan fingerprint density at radius 3 is 1.38 bits per heavy atom. The minimum Gasteiger partial charge on any atom is -0.466 e. The molecule has 0 aromatic heterocycles. The molecule has 0 aliphatic heterocycles. The summed E-state index contributed by atoms with van der Waals surface area (Å²) >= 11 is 0. The van der Waals surface area contributed by atoms with Crippen molar-refractivity contribution in [3.63, 3.8) is 0 Å². The summed E-state index contributed by atoms with van der Waals surface area (Å²) in [4.78, 5) is 23.8. The van der Waals surface area contributed by atoms with Gasteiger partial charge >= 0.3 is 11.9 Å². The van der Waals surface area contributed by atoms with Gasteiger partial charge in [-0.2, -0.15) is 0 Å². The zero-order valence-electron chi connectivity index (χ0n) is 25.3. The first kappa shape index (κ1) is 35.9. The highest BCUT2D eigenvalue weighted by atomic mass is 16.5. The first-order chi connectivity index (χ1) is 18.1. The van der Waals surface area contributed by atoms with Crippen LogP contribution >= 0.6 is 0 Å². The summed E-state index contributed by atoms with van der Waals surface area (Å²) in [6.45, 7) is 7.84. The van der Waals surface area contributed by atoms with Gasteiger partial charge in [-0.05, 0) is 31.6 Å². The second-order valence-corrected chi connectivity index (χ2v) is 11.2. The fourth-order valence-corrected chi connectivity index (χ4v) is 4.89. The monoisotopic (exact) mass is 524 g/mol. The van der Waals surface area contributed by atoms with Crippen LogP contribution in [0.15, 0.2) is 0 Å². The van der Waals surface area contributed by atoms with E-state index in [0.29, 0.717) is 32.0 Å². The van der Waals surface area contributed by atoms with E-state index >= 15 is 0 Å². The lowest BCUT2D eigenvalue weighted by atomic mass is 9.95. The van der Waals surface area contributed by atoms with Crippen molar-refractivity contribution in [2.75, 3.05) is 13.2 Å². The van der Waals surface area contributed by atoms with E-state index in [9.17, 15) is 9.59 Å². The van der Waals surface area contributed by atoms with Crippen LogP contribution in [0.25, 0.3) is 0 Å². The molecule has 0 fully saturated rings. The first-order valence-electron chi connectivity index (χ1n) is 16.4. The van der Waals surface area contributed by atoms with E-state index in [1.54, 1.807) is 0 Å². The summed E-state index contributed by atoms with van der Waals surface area (Å²) in [6, 6.07) is 0. The van der Waals surface area contributed by atoms with Crippen molar-refractivity contribution in [3.05, 3.63) is 0 Å². The summed E-state index contributed by atoms with van der Waals surface area (Å²) < 4.78 is 10.8. The van der Waals surface area contributed by atoms with E-state index in [1.165, 1.54) is 109 Å². The highest BCUT2D eigenvalue weighted by molar-refractivity contribution is 5.69. The van der Waals surface area contributed by atoms with Gasteiger partial charge < -0.3 is 9.47 Å². The van der Waals surface area contributed by atoms with E-state index in [4.69, 9.17) is 9.47 Å². The minimum absolute atomic E-state index is 0.00570. The quantitative estimate of drug-likeness (QED) is 0.0721. The molecule has 0 aliphatic carbocycles. The predicted molar refractivity (Wildman–Crippen MR) is 158 cm³/mol. The third-order valence-corrected chi connectivity index (χ3v) is 7.55. The van der Waals surface area contributed by atoms with Gasteiger partial charge in [0.15, 0.2) is 0 Å².